The summed E-state index contributed by atoms with van der Waals surface area (Å²) >= 11 is 3.39. The average Bonchev–Trinajstić information content (AvgIpc) is 3.24. The normalized spacial score (nSPS) is 10.4. The summed E-state index contributed by atoms with van der Waals surface area (Å²) in [5.74, 6) is 0.630. The van der Waals surface area contributed by atoms with Gasteiger partial charge in [-0.25, -0.2) is 0 Å². The smallest absolute Gasteiger partial charge is 0.252 e. The van der Waals surface area contributed by atoms with E-state index >= 15 is 0 Å². The maximum Gasteiger partial charge on any atom is 0.252 e. The number of carbonyl (C=O) groups excluding carboxylic acids is 2. The van der Waals surface area contributed by atoms with Crippen molar-refractivity contribution in [2.24, 2.45) is 0 Å². The summed E-state index contributed by atoms with van der Waals surface area (Å²) in [5, 5.41) is 7.61. The lowest BCUT2D eigenvalue weighted by Crippen LogP contribution is -2.23. The molecule has 3 rings (SSSR count). The molecule has 0 aliphatic heterocycles. The number of hydrogen-bond donors (Lipinski definition) is 2. The van der Waals surface area contributed by atoms with Gasteiger partial charge in [-0.15, -0.1) is 23.1 Å². The molecule has 0 aliphatic rings. The molecule has 0 atom stereocenters. The van der Waals surface area contributed by atoms with Crippen LogP contribution in [0.3, 0.4) is 0 Å². The van der Waals surface area contributed by atoms with Crippen LogP contribution < -0.4 is 10.6 Å². The molecule has 0 radical (unpaired) electrons. The molecule has 0 unspecified atom stereocenters. The minimum atomic E-state index is -0.123. The molecule has 4 nitrogen and oxygen atoms in total. The van der Waals surface area contributed by atoms with Gasteiger partial charge in [-0.1, -0.05) is 30.3 Å². The van der Waals surface area contributed by atoms with E-state index in [0.29, 0.717) is 17.7 Å². The van der Waals surface area contributed by atoms with Gasteiger partial charge in [-0.3, -0.25) is 9.59 Å². The Hall–Kier alpha value is -2.57. The molecule has 0 fully saturated rings. The number of thioether (sulfide) groups is 1. The molecule has 2 N–H and O–H groups in total. The van der Waals surface area contributed by atoms with Gasteiger partial charge in [0.1, 0.15) is 0 Å². The van der Waals surface area contributed by atoms with E-state index in [4.69, 9.17) is 0 Å². The Kier molecular flexibility index (Phi) is 6.68. The fraction of sp³-hybridized carbons (Fsp3) is 0.143. The molecule has 1 aromatic heterocycles. The highest BCUT2D eigenvalue weighted by molar-refractivity contribution is 7.98. The molecule has 138 valence electrons. The Morgan fingerprint density at radius 1 is 0.963 bits per heavy atom. The molecular formula is C21H20N2O2S2. The molecular weight excluding hydrogens is 376 g/mol. The largest absolute Gasteiger partial charge is 0.355 e. The van der Waals surface area contributed by atoms with Gasteiger partial charge < -0.3 is 10.6 Å². The summed E-state index contributed by atoms with van der Waals surface area (Å²) in [7, 11) is 1.60. The van der Waals surface area contributed by atoms with Gasteiger partial charge in [0.15, 0.2) is 0 Å². The van der Waals surface area contributed by atoms with E-state index in [1.165, 1.54) is 4.88 Å². The van der Waals surface area contributed by atoms with Crippen LogP contribution in [0.15, 0.2) is 70.9 Å². The van der Waals surface area contributed by atoms with Crippen LogP contribution in [-0.4, -0.2) is 18.9 Å². The van der Waals surface area contributed by atoms with Crippen LogP contribution in [0, 0.1) is 0 Å². The summed E-state index contributed by atoms with van der Waals surface area (Å²) in [6.45, 7) is 0.413. The fourth-order valence-electron chi connectivity index (χ4n) is 2.52. The second-order valence-electron chi connectivity index (χ2n) is 5.82. The zero-order valence-electron chi connectivity index (χ0n) is 14.9. The lowest BCUT2D eigenvalue weighted by atomic mass is 10.1. The second kappa shape index (κ2) is 9.39. The van der Waals surface area contributed by atoms with Crippen molar-refractivity contribution in [3.05, 3.63) is 87.6 Å². The van der Waals surface area contributed by atoms with E-state index in [9.17, 15) is 9.59 Å². The summed E-state index contributed by atoms with van der Waals surface area (Å²) < 4.78 is 0. The third kappa shape index (κ3) is 5.21. The van der Waals surface area contributed by atoms with Crippen LogP contribution in [0.5, 0.6) is 0 Å². The van der Waals surface area contributed by atoms with Crippen LogP contribution in [0.2, 0.25) is 0 Å². The first kappa shape index (κ1) is 19.2. The molecule has 6 heteroatoms. The SMILES string of the molecule is CNC(=O)c1ccc(CNC(=O)c2ccccc2SCc2cccs2)cc1. The van der Waals surface area contributed by atoms with Gasteiger partial charge in [-0.05, 0) is 41.3 Å². The molecule has 0 bridgehead atoms. The number of carbonyl (C=O) groups is 2. The van der Waals surface area contributed by atoms with E-state index < -0.39 is 0 Å². The van der Waals surface area contributed by atoms with Gasteiger partial charge in [0, 0.05) is 34.7 Å². The Labute approximate surface area is 167 Å². The topological polar surface area (TPSA) is 58.2 Å². The summed E-state index contributed by atoms with van der Waals surface area (Å²) in [6, 6.07) is 19.0. The zero-order valence-corrected chi connectivity index (χ0v) is 16.5. The predicted molar refractivity (Wildman–Crippen MR) is 111 cm³/mol. The number of rotatable bonds is 7. The van der Waals surface area contributed by atoms with Crippen LogP contribution >= 0.6 is 23.1 Å². The first-order chi connectivity index (χ1) is 13.2. The third-order valence-electron chi connectivity index (χ3n) is 3.98. The zero-order chi connectivity index (χ0) is 19.1. The van der Waals surface area contributed by atoms with Crippen molar-refractivity contribution >= 4 is 34.9 Å². The highest BCUT2D eigenvalue weighted by atomic mass is 32.2. The van der Waals surface area contributed by atoms with Gasteiger partial charge in [0.2, 0.25) is 0 Å². The molecule has 1 heterocycles. The van der Waals surface area contributed by atoms with Gasteiger partial charge in [-0.2, -0.15) is 0 Å². The Balaban J connectivity index is 1.61. The third-order valence-corrected chi connectivity index (χ3v) is 6.16. The molecule has 0 saturated heterocycles. The number of amides is 2. The van der Waals surface area contributed by atoms with Crippen molar-refractivity contribution < 1.29 is 9.59 Å². The fourth-order valence-corrected chi connectivity index (χ4v) is 4.34. The minimum Gasteiger partial charge on any atom is -0.355 e. The molecule has 2 aromatic carbocycles. The molecule has 0 spiro atoms. The van der Waals surface area contributed by atoms with Crippen LogP contribution in [0.1, 0.15) is 31.2 Å². The Morgan fingerprint density at radius 2 is 1.74 bits per heavy atom. The lowest BCUT2D eigenvalue weighted by molar-refractivity contribution is 0.0943. The summed E-state index contributed by atoms with van der Waals surface area (Å²) in [5.41, 5.74) is 2.23. The second-order valence-corrected chi connectivity index (χ2v) is 7.87. The van der Waals surface area contributed by atoms with Crippen molar-refractivity contribution in [1.82, 2.24) is 10.6 Å². The molecule has 0 saturated carbocycles. The summed E-state index contributed by atoms with van der Waals surface area (Å²) in [6.07, 6.45) is 0. The van der Waals surface area contributed by atoms with Crippen molar-refractivity contribution in [2.75, 3.05) is 7.05 Å². The van der Waals surface area contributed by atoms with Gasteiger partial charge in [0.05, 0.1) is 5.56 Å². The number of benzene rings is 2. The van der Waals surface area contributed by atoms with Crippen molar-refractivity contribution in [3.63, 3.8) is 0 Å². The first-order valence-electron chi connectivity index (χ1n) is 8.51. The predicted octanol–water partition coefficient (Wildman–Crippen LogP) is 4.33. The lowest BCUT2D eigenvalue weighted by Gasteiger charge is -2.10. The highest BCUT2D eigenvalue weighted by Gasteiger charge is 2.12. The van der Waals surface area contributed by atoms with E-state index in [1.807, 2.05) is 42.5 Å². The van der Waals surface area contributed by atoms with Gasteiger partial charge in [0.25, 0.3) is 11.8 Å². The van der Waals surface area contributed by atoms with Crippen LogP contribution in [0.25, 0.3) is 0 Å². The van der Waals surface area contributed by atoms with E-state index in [0.717, 1.165) is 16.2 Å². The molecule has 2 amide bonds. The monoisotopic (exact) mass is 396 g/mol. The number of thiophene rings is 1. The molecule has 27 heavy (non-hydrogen) atoms. The van der Waals surface area contributed by atoms with Crippen molar-refractivity contribution in [2.45, 2.75) is 17.2 Å². The van der Waals surface area contributed by atoms with E-state index in [1.54, 1.807) is 42.3 Å². The van der Waals surface area contributed by atoms with Crippen molar-refractivity contribution in [1.29, 1.82) is 0 Å². The molecule has 3 aromatic rings. The number of hydrogen-bond acceptors (Lipinski definition) is 4. The quantitative estimate of drug-likeness (QED) is 0.585. The maximum atomic E-state index is 12.6. The van der Waals surface area contributed by atoms with Gasteiger partial charge >= 0.3 is 0 Å². The average molecular weight is 397 g/mol. The maximum absolute atomic E-state index is 12.6. The summed E-state index contributed by atoms with van der Waals surface area (Å²) in [4.78, 5) is 26.5. The van der Waals surface area contributed by atoms with Crippen molar-refractivity contribution in [3.8, 4) is 0 Å². The van der Waals surface area contributed by atoms with Crippen LogP contribution in [-0.2, 0) is 12.3 Å². The first-order valence-corrected chi connectivity index (χ1v) is 10.4. The molecule has 0 aliphatic carbocycles. The van der Waals surface area contributed by atoms with E-state index in [2.05, 4.69) is 22.1 Å². The Bertz CT molecular complexity index is 906. The minimum absolute atomic E-state index is 0.0975. The standard InChI is InChI=1S/C21H20N2O2S2/c1-22-20(24)16-10-8-15(9-11-16)13-23-21(25)18-6-2-3-7-19(18)27-14-17-5-4-12-26-17/h2-12H,13-14H2,1H3,(H,22,24)(H,23,25). The Morgan fingerprint density at radius 3 is 2.44 bits per heavy atom. The highest BCUT2D eigenvalue weighted by Crippen LogP contribution is 2.28. The van der Waals surface area contributed by atoms with Crippen LogP contribution in [0.4, 0.5) is 0 Å². The number of nitrogens with one attached hydrogen (secondary N) is 2. The van der Waals surface area contributed by atoms with E-state index in [-0.39, 0.29) is 11.8 Å².